The zero-order valence-electron chi connectivity index (χ0n) is 12.9. The number of benzene rings is 2. The first-order valence-corrected chi connectivity index (χ1v) is 8.42. The molecule has 3 aromatic rings. The summed E-state index contributed by atoms with van der Waals surface area (Å²) in [6.07, 6.45) is 0. The van der Waals surface area contributed by atoms with Gasteiger partial charge in [-0.3, -0.25) is 0 Å². The minimum Gasteiger partial charge on any atom is -0.428 e. The Morgan fingerprint density at radius 2 is 1.83 bits per heavy atom. The summed E-state index contributed by atoms with van der Waals surface area (Å²) >= 11 is 1.55. The lowest BCUT2D eigenvalue weighted by atomic mass is 10.0. The summed E-state index contributed by atoms with van der Waals surface area (Å²) in [6.45, 7) is 1.75. The number of halogens is 1. The van der Waals surface area contributed by atoms with Gasteiger partial charge in [-0.25, -0.2) is 9.18 Å². The smallest absolute Gasteiger partial charge is 0.342 e. The van der Waals surface area contributed by atoms with Crippen molar-refractivity contribution in [3.05, 3.63) is 87.7 Å². The number of aryl methyl sites for hydroxylation is 1. The van der Waals surface area contributed by atoms with Crippen LogP contribution in [0.15, 0.2) is 68.7 Å². The summed E-state index contributed by atoms with van der Waals surface area (Å²) < 4.78 is 18.6. The Bertz CT molecular complexity index is 966. The maximum absolute atomic E-state index is 13.3. The van der Waals surface area contributed by atoms with E-state index in [9.17, 15) is 9.18 Å². The lowest BCUT2D eigenvalue weighted by molar-refractivity contribution is 0.474. The highest BCUT2D eigenvalue weighted by atomic mass is 32.2. The lowest BCUT2D eigenvalue weighted by Gasteiger charge is -2.16. The molecule has 1 atom stereocenters. The largest absolute Gasteiger partial charge is 0.428 e. The second-order valence-corrected chi connectivity index (χ2v) is 6.79. The van der Waals surface area contributed by atoms with Crippen molar-refractivity contribution in [2.75, 3.05) is 5.32 Å². The van der Waals surface area contributed by atoms with Crippen LogP contribution < -0.4 is 10.9 Å². The molecule has 3 nitrogen and oxygen atoms in total. The molecule has 0 spiro atoms. The summed E-state index contributed by atoms with van der Waals surface area (Å²) in [6, 6.07) is 16.0. The van der Waals surface area contributed by atoms with E-state index < -0.39 is 0 Å². The quantitative estimate of drug-likeness (QED) is 0.675. The third-order valence-electron chi connectivity index (χ3n) is 3.95. The van der Waals surface area contributed by atoms with Gasteiger partial charge in [0.2, 0.25) is 0 Å². The van der Waals surface area contributed by atoms with E-state index in [1.165, 1.54) is 12.1 Å². The van der Waals surface area contributed by atoms with Gasteiger partial charge in [-0.05, 0) is 36.8 Å². The molecule has 0 radical (unpaired) electrons. The highest BCUT2D eigenvalue weighted by Crippen LogP contribution is 2.48. The minimum atomic E-state index is -0.368. The van der Waals surface area contributed by atoms with Crippen molar-refractivity contribution < 1.29 is 8.81 Å². The van der Waals surface area contributed by atoms with Crippen LogP contribution in [0.25, 0.3) is 0 Å². The van der Waals surface area contributed by atoms with E-state index in [1.807, 2.05) is 30.3 Å². The number of rotatable bonds is 1. The van der Waals surface area contributed by atoms with Gasteiger partial charge in [-0.15, -0.1) is 11.8 Å². The fourth-order valence-corrected chi connectivity index (χ4v) is 4.14. The molecule has 5 heteroatoms. The van der Waals surface area contributed by atoms with Crippen molar-refractivity contribution in [1.82, 2.24) is 0 Å². The predicted octanol–water partition coefficient (Wildman–Crippen LogP) is 5.03. The Balaban J connectivity index is 1.96. The monoisotopic (exact) mass is 339 g/mol. The van der Waals surface area contributed by atoms with Crippen LogP contribution in [0.1, 0.15) is 22.1 Å². The van der Waals surface area contributed by atoms with Crippen molar-refractivity contribution in [1.29, 1.82) is 0 Å². The van der Waals surface area contributed by atoms with Crippen molar-refractivity contribution >= 4 is 23.1 Å². The van der Waals surface area contributed by atoms with Gasteiger partial charge in [0.05, 0.1) is 22.2 Å². The summed E-state index contributed by atoms with van der Waals surface area (Å²) in [4.78, 5) is 13.6. The Morgan fingerprint density at radius 1 is 1.08 bits per heavy atom. The van der Waals surface area contributed by atoms with E-state index in [0.717, 1.165) is 21.8 Å². The minimum absolute atomic E-state index is 0.270. The van der Waals surface area contributed by atoms with E-state index in [-0.39, 0.29) is 16.7 Å². The third-order valence-corrected chi connectivity index (χ3v) is 5.30. The van der Waals surface area contributed by atoms with E-state index >= 15 is 0 Å². The molecule has 0 aliphatic carbocycles. The van der Waals surface area contributed by atoms with Crippen molar-refractivity contribution in [2.24, 2.45) is 0 Å². The highest BCUT2D eigenvalue weighted by molar-refractivity contribution is 8.00. The molecular weight excluding hydrogens is 325 g/mol. The molecule has 0 amide bonds. The third kappa shape index (κ3) is 2.61. The lowest BCUT2D eigenvalue weighted by Crippen LogP contribution is -2.14. The van der Waals surface area contributed by atoms with Gasteiger partial charge >= 0.3 is 5.63 Å². The summed E-state index contributed by atoms with van der Waals surface area (Å²) in [5.41, 5.74) is 2.71. The van der Waals surface area contributed by atoms with Crippen molar-refractivity contribution in [3.63, 3.8) is 0 Å². The number of fused-ring (bicyclic) bond motifs is 2. The molecule has 24 heavy (non-hydrogen) atoms. The number of anilines is 2. The predicted molar refractivity (Wildman–Crippen MR) is 93.5 cm³/mol. The second kappa shape index (κ2) is 5.83. The Morgan fingerprint density at radius 3 is 2.62 bits per heavy atom. The molecular formula is C19H14FNO2S. The first-order chi connectivity index (χ1) is 11.6. The fourth-order valence-electron chi connectivity index (χ4n) is 2.85. The highest BCUT2D eigenvalue weighted by Gasteiger charge is 2.28. The first-order valence-electron chi connectivity index (χ1n) is 7.54. The standard InChI is InChI=1S/C19H14FNO2S/c1-11-10-15-17(19(22)23-11)18(12-6-8-13(20)9-7-12)24-16-5-3-2-4-14(16)21-15/h2-10,18,21H,1H3. The number of hydrogen-bond donors (Lipinski definition) is 1. The fraction of sp³-hybridized carbons (Fsp3) is 0.105. The Labute approximate surface area is 142 Å². The van der Waals surface area contributed by atoms with Gasteiger partial charge in [-0.1, -0.05) is 24.3 Å². The van der Waals surface area contributed by atoms with E-state index in [4.69, 9.17) is 4.42 Å². The average Bonchev–Trinajstić information content (AvgIpc) is 2.72. The van der Waals surface area contributed by atoms with Gasteiger partial charge in [-0.2, -0.15) is 0 Å². The van der Waals surface area contributed by atoms with Crippen LogP contribution in [-0.4, -0.2) is 0 Å². The number of nitrogens with one attached hydrogen (secondary N) is 1. The average molecular weight is 339 g/mol. The Hall–Kier alpha value is -2.53. The molecule has 1 N–H and O–H groups in total. The normalized spacial score (nSPS) is 15.8. The van der Waals surface area contributed by atoms with E-state index in [1.54, 1.807) is 30.8 Å². The maximum atomic E-state index is 13.3. The summed E-state index contributed by atoms with van der Waals surface area (Å²) in [5.74, 6) is 0.251. The van der Waals surface area contributed by atoms with Crippen LogP contribution in [0, 0.1) is 12.7 Å². The van der Waals surface area contributed by atoms with Crippen LogP contribution in [0.5, 0.6) is 0 Å². The molecule has 0 saturated carbocycles. The molecule has 1 unspecified atom stereocenters. The number of para-hydroxylation sites is 1. The molecule has 2 aromatic carbocycles. The maximum Gasteiger partial charge on any atom is 0.342 e. The molecule has 120 valence electrons. The van der Waals surface area contributed by atoms with Crippen molar-refractivity contribution in [3.8, 4) is 0 Å². The van der Waals surface area contributed by atoms with Crippen LogP contribution >= 0.6 is 11.8 Å². The number of hydrogen-bond acceptors (Lipinski definition) is 4. The molecule has 1 aliphatic rings. The van der Waals surface area contributed by atoms with Gasteiger partial charge in [0.15, 0.2) is 0 Å². The summed E-state index contributed by atoms with van der Waals surface area (Å²) in [5, 5.41) is 3.07. The SMILES string of the molecule is Cc1cc2c(c(=O)o1)C(c1ccc(F)cc1)Sc1ccccc1N2. The molecule has 4 rings (SSSR count). The topological polar surface area (TPSA) is 42.2 Å². The molecule has 1 aromatic heterocycles. The zero-order chi connectivity index (χ0) is 16.7. The molecule has 0 saturated heterocycles. The molecule has 0 fully saturated rings. The van der Waals surface area contributed by atoms with Gasteiger partial charge in [0.1, 0.15) is 11.6 Å². The molecule has 2 heterocycles. The van der Waals surface area contributed by atoms with Crippen LogP contribution in [0.3, 0.4) is 0 Å². The van der Waals surface area contributed by atoms with Gasteiger partial charge < -0.3 is 9.73 Å². The van der Waals surface area contributed by atoms with E-state index in [0.29, 0.717) is 11.3 Å². The zero-order valence-corrected chi connectivity index (χ0v) is 13.7. The van der Waals surface area contributed by atoms with Crippen LogP contribution in [0.2, 0.25) is 0 Å². The van der Waals surface area contributed by atoms with Crippen LogP contribution in [-0.2, 0) is 0 Å². The van der Waals surface area contributed by atoms with Crippen LogP contribution in [0.4, 0.5) is 15.8 Å². The van der Waals surface area contributed by atoms with Gasteiger partial charge in [0.25, 0.3) is 0 Å². The molecule has 0 bridgehead atoms. The Kier molecular flexibility index (Phi) is 3.65. The summed E-state index contributed by atoms with van der Waals surface area (Å²) in [7, 11) is 0. The molecule has 1 aliphatic heterocycles. The van der Waals surface area contributed by atoms with Crippen molar-refractivity contribution in [2.45, 2.75) is 17.1 Å². The van der Waals surface area contributed by atoms with E-state index in [2.05, 4.69) is 5.32 Å². The number of thioether (sulfide) groups is 1. The second-order valence-electron chi connectivity index (χ2n) is 5.64. The van der Waals surface area contributed by atoms with Gasteiger partial charge in [0, 0.05) is 11.0 Å². The first kappa shape index (κ1) is 15.0.